The number of benzene rings is 2. The van der Waals surface area contributed by atoms with Gasteiger partial charge in [0.1, 0.15) is 12.4 Å². The molecule has 162 valence electrons. The van der Waals surface area contributed by atoms with Crippen LogP contribution in [0.3, 0.4) is 0 Å². The van der Waals surface area contributed by atoms with Gasteiger partial charge in [-0.1, -0.05) is 19.1 Å². The average molecular weight is 420 g/mol. The van der Waals surface area contributed by atoms with Gasteiger partial charge in [-0.05, 0) is 61.7 Å². The van der Waals surface area contributed by atoms with Crippen LogP contribution in [0.5, 0.6) is 0 Å². The van der Waals surface area contributed by atoms with Crippen LogP contribution in [0.4, 0.5) is 18.9 Å². The van der Waals surface area contributed by atoms with Crippen molar-refractivity contribution in [3.8, 4) is 0 Å². The van der Waals surface area contributed by atoms with Gasteiger partial charge in [0.25, 0.3) is 0 Å². The number of ether oxygens (including phenoxy) is 1. The zero-order chi connectivity index (χ0) is 22.5. The molecule has 0 fully saturated rings. The number of hydrogen-bond acceptors (Lipinski definition) is 3. The summed E-state index contributed by atoms with van der Waals surface area (Å²) in [7, 11) is 1.98. The summed E-state index contributed by atoms with van der Waals surface area (Å²) >= 11 is 0. The summed E-state index contributed by atoms with van der Waals surface area (Å²) in [5, 5.41) is 0. The quantitative estimate of drug-likeness (QED) is 0.324. The molecule has 2 aromatic carbocycles. The number of esters is 1. The molecular weight excluding hydrogens is 393 g/mol. The SMILES string of the molecule is CCC(=Nc1ccc(C(=O)OCc2cccc(C(F)(F)F)c2)c(C)c1C)N(C)CC. The largest absolute Gasteiger partial charge is 0.457 e. The number of hydrogen-bond donors (Lipinski definition) is 0. The Morgan fingerprint density at radius 2 is 1.80 bits per heavy atom. The molecule has 0 atom stereocenters. The van der Waals surface area contributed by atoms with E-state index in [9.17, 15) is 18.0 Å². The molecule has 7 heteroatoms. The van der Waals surface area contributed by atoms with Gasteiger partial charge in [0.2, 0.25) is 0 Å². The fourth-order valence-corrected chi connectivity index (χ4v) is 2.97. The van der Waals surface area contributed by atoms with Crippen molar-refractivity contribution in [3.05, 3.63) is 64.2 Å². The summed E-state index contributed by atoms with van der Waals surface area (Å²) in [6.07, 6.45) is -3.66. The molecule has 4 nitrogen and oxygen atoms in total. The summed E-state index contributed by atoms with van der Waals surface area (Å²) in [6.45, 7) is 8.38. The highest BCUT2D eigenvalue weighted by Crippen LogP contribution is 2.30. The molecule has 0 spiro atoms. The normalized spacial score (nSPS) is 12.1. The molecule has 0 aromatic heterocycles. The standard InChI is InChI=1S/C23H27F3N2O2/c1-6-21(28(5)7-2)27-20-12-11-19(15(3)16(20)4)22(29)30-14-17-9-8-10-18(13-17)23(24,25)26/h8-13H,6-7,14H2,1-5H3. The van der Waals surface area contributed by atoms with Crippen LogP contribution < -0.4 is 0 Å². The highest BCUT2D eigenvalue weighted by Gasteiger charge is 2.30. The van der Waals surface area contributed by atoms with Gasteiger partial charge in [0, 0.05) is 20.0 Å². The molecule has 30 heavy (non-hydrogen) atoms. The van der Waals surface area contributed by atoms with Crippen molar-refractivity contribution in [2.45, 2.75) is 46.9 Å². The Morgan fingerprint density at radius 1 is 1.10 bits per heavy atom. The predicted octanol–water partition coefficient (Wildman–Crippen LogP) is 6.07. The number of alkyl halides is 3. The van der Waals surface area contributed by atoms with Gasteiger partial charge in [-0.2, -0.15) is 13.2 Å². The van der Waals surface area contributed by atoms with Gasteiger partial charge < -0.3 is 9.64 Å². The highest BCUT2D eigenvalue weighted by molar-refractivity contribution is 5.92. The van der Waals surface area contributed by atoms with Gasteiger partial charge in [-0.25, -0.2) is 9.79 Å². The van der Waals surface area contributed by atoms with Gasteiger partial charge in [-0.15, -0.1) is 0 Å². The minimum Gasteiger partial charge on any atom is -0.457 e. The lowest BCUT2D eigenvalue weighted by molar-refractivity contribution is -0.137. The lowest BCUT2D eigenvalue weighted by atomic mass is 10.0. The number of halogens is 3. The number of carbonyl (C=O) groups is 1. The second kappa shape index (κ2) is 9.78. The van der Waals surface area contributed by atoms with Crippen LogP contribution in [0.15, 0.2) is 41.4 Å². The Labute approximate surface area is 175 Å². The molecule has 0 amide bonds. The van der Waals surface area contributed by atoms with E-state index in [1.54, 1.807) is 12.1 Å². The third-order valence-electron chi connectivity index (χ3n) is 5.08. The Balaban J connectivity index is 2.19. The molecule has 2 rings (SSSR count). The Kier molecular flexibility index (Phi) is 7.65. The van der Waals surface area contributed by atoms with Crippen LogP contribution in [0.25, 0.3) is 0 Å². The molecule has 0 aliphatic rings. The molecule has 0 aliphatic heterocycles. The second-order valence-electron chi connectivity index (χ2n) is 7.05. The van der Waals surface area contributed by atoms with E-state index in [0.717, 1.165) is 47.7 Å². The molecule has 0 unspecified atom stereocenters. The van der Waals surface area contributed by atoms with Gasteiger partial charge in [0.05, 0.1) is 16.8 Å². The maximum Gasteiger partial charge on any atom is 0.416 e. The van der Waals surface area contributed by atoms with Crippen LogP contribution in [0, 0.1) is 13.8 Å². The number of nitrogens with zero attached hydrogens (tertiary/aromatic N) is 2. The topological polar surface area (TPSA) is 41.9 Å². The molecule has 2 aromatic rings. The van der Waals surface area contributed by atoms with Crippen molar-refractivity contribution in [1.82, 2.24) is 4.90 Å². The first kappa shape index (κ1) is 23.4. The Hall–Kier alpha value is -2.83. The minimum absolute atomic E-state index is 0.234. The summed E-state index contributed by atoms with van der Waals surface area (Å²) in [4.78, 5) is 19.3. The third kappa shape index (κ3) is 5.62. The van der Waals surface area contributed by atoms with E-state index in [-0.39, 0.29) is 12.2 Å². The Morgan fingerprint density at radius 3 is 2.40 bits per heavy atom. The predicted molar refractivity (Wildman–Crippen MR) is 112 cm³/mol. The summed E-state index contributed by atoms with van der Waals surface area (Å²) in [5.41, 5.74) is 2.26. The van der Waals surface area contributed by atoms with E-state index in [1.807, 2.05) is 34.7 Å². The van der Waals surface area contributed by atoms with E-state index in [1.165, 1.54) is 12.1 Å². The molecule has 0 saturated heterocycles. The zero-order valence-electron chi connectivity index (χ0n) is 17.9. The average Bonchev–Trinajstić information content (AvgIpc) is 2.72. The zero-order valence-corrected chi connectivity index (χ0v) is 17.9. The first-order valence-electron chi connectivity index (χ1n) is 9.80. The summed E-state index contributed by atoms with van der Waals surface area (Å²) in [6, 6.07) is 8.18. The molecule has 0 bridgehead atoms. The number of carbonyl (C=O) groups excluding carboxylic acids is 1. The van der Waals surface area contributed by atoms with Crippen LogP contribution in [-0.4, -0.2) is 30.3 Å². The van der Waals surface area contributed by atoms with Crippen LogP contribution in [-0.2, 0) is 17.5 Å². The summed E-state index contributed by atoms with van der Waals surface area (Å²) in [5.74, 6) is 0.366. The van der Waals surface area contributed by atoms with E-state index < -0.39 is 17.7 Å². The molecule has 0 radical (unpaired) electrons. The summed E-state index contributed by atoms with van der Waals surface area (Å²) < 4.78 is 43.8. The number of rotatable bonds is 6. The lowest BCUT2D eigenvalue weighted by Gasteiger charge is -2.19. The third-order valence-corrected chi connectivity index (χ3v) is 5.08. The molecular formula is C23H27F3N2O2. The van der Waals surface area contributed by atoms with Crippen molar-refractivity contribution >= 4 is 17.5 Å². The lowest BCUT2D eigenvalue weighted by Crippen LogP contribution is -2.25. The first-order chi connectivity index (χ1) is 14.1. The molecule has 0 N–H and O–H groups in total. The molecule has 0 aliphatic carbocycles. The second-order valence-corrected chi connectivity index (χ2v) is 7.05. The van der Waals surface area contributed by atoms with Crippen LogP contribution in [0.2, 0.25) is 0 Å². The van der Waals surface area contributed by atoms with Crippen LogP contribution >= 0.6 is 0 Å². The maximum absolute atomic E-state index is 12.8. The smallest absolute Gasteiger partial charge is 0.416 e. The van der Waals surface area contributed by atoms with Crippen molar-refractivity contribution < 1.29 is 22.7 Å². The fourth-order valence-electron chi connectivity index (χ4n) is 2.97. The van der Waals surface area contributed by atoms with Crippen LogP contribution in [0.1, 0.15) is 52.9 Å². The number of aliphatic imine (C=N–C) groups is 1. The van der Waals surface area contributed by atoms with E-state index in [4.69, 9.17) is 9.73 Å². The first-order valence-corrected chi connectivity index (χ1v) is 9.80. The van der Waals surface area contributed by atoms with Gasteiger partial charge >= 0.3 is 12.1 Å². The molecule has 0 saturated carbocycles. The maximum atomic E-state index is 12.8. The molecule has 0 heterocycles. The van der Waals surface area contributed by atoms with Crippen molar-refractivity contribution in [3.63, 3.8) is 0 Å². The number of amidine groups is 1. The van der Waals surface area contributed by atoms with Crippen molar-refractivity contribution in [2.24, 2.45) is 4.99 Å². The van der Waals surface area contributed by atoms with Gasteiger partial charge in [0.15, 0.2) is 0 Å². The van der Waals surface area contributed by atoms with Gasteiger partial charge in [-0.3, -0.25) is 0 Å². The van der Waals surface area contributed by atoms with Crippen molar-refractivity contribution in [2.75, 3.05) is 13.6 Å². The monoisotopic (exact) mass is 420 g/mol. The van der Waals surface area contributed by atoms with E-state index in [0.29, 0.717) is 5.56 Å². The van der Waals surface area contributed by atoms with E-state index >= 15 is 0 Å². The Bertz CT molecular complexity index is 937. The minimum atomic E-state index is -4.44. The van der Waals surface area contributed by atoms with Crippen molar-refractivity contribution in [1.29, 1.82) is 0 Å². The van der Waals surface area contributed by atoms with E-state index in [2.05, 4.69) is 4.90 Å². The fraction of sp³-hybridized carbons (Fsp3) is 0.391. The highest BCUT2D eigenvalue weighted by atomic mass is 19.4.